The van der Waals surface area contributed by atoms with Crippen LogP contribution < -0.4 is 0 Å². The van der Waals surface area contributed by atoms with Gasteiger partial charge in [0.2, 0.25) is 0 Å². The molecular weight excluding hydrogens is 182 g/mol. The van der Waals surface area contributed by atoms with E-state index >= 15 is 0 Å². The smallest absolute Gasteiger partial charge is 0.116 e. The minimum atomic E-state index is 0.952. The van der Waals surface area contributed by atoms with Crippen LogP contribution >= 0.6 is 11.8 Å². The zero-order valence-electron chi connectivity index (χ0n) is 7.64. The quantitative estimate of drug-likeness (QED) is 0.419. The van der Waals surface area contributed by atoms with E-state index in [1.165, 1.54) is 0 Å². The molecule has 0 amide bonds. The van der Waals surface area contributed by atoms with Gasteiger partial charge in [0.1, 0.15) is 11.4 Å². The van der Waals surface area contributed by atoms with E-state index in [-0.39, 0.29) is 0 Å². The first-order valence-corrected chi connectivity index (χ1v) is 4.67. The summed E-state index contributed by atoms with van der Waals surface area (Å²) in [5.74, 6) is 0. The van der Waals surface area contributed by atoms with Gasteiger partial charge in [0.25, 0.3) is 0 Å². The zero-order chi connectivity index (χ0) is 9.52. The fraction of sp³-hybridized carbons (Fsp3) is 0.222. The summed E-state index contributed by atoms with van der Waals surface area (Å²) in [5, 5.41) is 0.952. The first-order chi connectivity index (χ1) is 6.33. The van der Waals surface area contributed by atoms with Crippen LogP contribution in [0.4, 0.5) is 0 Å². The lowest BCUT2D eigenvalue weighted by Crippen LogP contribution is -1.80. The lowest BCUT2D eigenvalue weighted by atomic mass is 10.5. The third-order valence-corrected chi connectivity index (χ3v) is 2.19. The van der Waals surface area contributed by atoms with Crippen LogP contribution in [0.2, 0.25) is 0 Å². The number of aliphatic imine (C=N–C) groups is 1. The molecule has 3 nitrogen and oxygen atoms in total. The number of aromatic nitrogens is 2. The molecule has 0 aliphatic carbocycles. The van der Waals surface area contributed by atoms with Crippen LogP contribution in [-0.2, 0) is 0 Å². The average Bonchev–Trinajstić information content (AvgIpc) is 2.16. The van der Waals surface area contributed by atoms with Gasteiger partial charge in [0.15, 0.2) is 0 Å². The zero-order valence-corrected chi connectivity index (χ0v) is 8.45. The van der Waals surface area contributed by atoms with Crippen molar-refractivity contribution in [3.63, 3.8) is 0 Å². The fourth-order valence-corrected chi connectivity index (χ4v) is 1.40. The number of nitrogens with zero attached hydrogens (tertiary/aromatic N) is 3. The number of thioether (sulfide) groups is 1. The van der Waals surface area contributed by atoms with Gasteiger partial charge in [0.05, 0.1) is 0 Å². The van der Waals surface area contributed by atoms with Crippen LogP contribution in [0.15, 0.2) is 39.6 Å². The molecule has 0 radical (unpaired) electrons. The highest BCUT2D eigenvalue weighted by Crippen LogP contribution is 2.22. The molecule has 1 rings (SSSR count). The maximum atomic E-state index is 4.09. The highest BCUT2D eigenvalue weighted by atomic mass is 32.2. The minimum Gasteiger partial charge on any atom is -0.296 e. The molecule has 1 heterocycles. The van der Waals surface area contributed by atoms with Crippen LogP contribution in [0, 0.1) is 0 Å². The van der Waals surface area contributed by atoms with Crippen LogP contribution in [0.25, 0.3) is 0 Å². The van der Waals surface area contributed by atoms with Gasteiger partial charge in [-0.3, -0.25) is 4.99 Å². The summed E-state index contributed by atoms with van der Waals surface area (Å²) in [7, 11) is 1.75. The van der Waals surface area contributed by atoms with Gasteiger partial charge in [-0.25, -0.2) is 9.97 Å². The highest BCUT2D eigenvalue weighted by Gasteiger charge is 1.94. The van der Waals surface area contributed by atoms with Crippen molar-refractivity contribution in [1.82, 2.24) is 9.97 Å². The van der Waals surface area contributed by atoms with Crippen LogP contribution in [-0.4, -0.2) is 23.2 Å². The Hall–Kier alpha value is -1.16. The average molecular weight is 193 g/mol. The second-order valence-electron chi connectivity index (χ2n) is 2.33. The number of rotatable bonds is 3. The van der Waals surface area contributed by atoms with Crippen LogP contribution in [0.5, 0.6) is 0 Å². The van der Waals surface area contributed by atoms with Crippen molar-refractivity contribution >= 4 is 18.0 Å². The van der Waals surface area contributed by atoms with E-state index in [1.807, 2.05) is 19.1 Å². The predicted molar refractivity (Wildman–Crippen MR) is 56.1 cm³/mol. The van der Waals surface area contributed by atoms with Gasteiger partial charge in [-0.15, -0.1) is 0 Å². The number of allylic oxidation sites excluding steroid dienone is 2. The maximum Gasteiger partial charge on any atom is 0.116 e. The Bertz CT molecular complexity index is 306. The van der Waals surface area contributed by atoms with E-state index in [1.54, 1.807) is 37.5 Å². The van der Waals surface area contributed by atoms with Gasteiger partial charge in [-0.05, 0) is 24.0 Å². The molecule has 0 N–H and O–H groups in total. The first kappa shape index (κ1) is 9.92. The van der Waals surface area contributed by atoms with Crippen molar-refractivity contribution in [2.75, 3.05) is 7.05 Å². The Morgan fingerprint density at radius 1 is 1.62 bits per heavy atom. The Kier molecular flexibility index (Phi) is 4.18. The molecular formula is C9H11N3S. The predicted octanol–water partition coefficient (Wildman–Crippen LogP) is 2.17. The molecule has 4 heteroatoms. The molecule has 0 aromatic carbocycles. The van der Waals surface area contributed by atoms with Gasteiger partial charge < -0.3 is 0 Å². The maximum absolute atomic E-state index is 4.09. The molecule has 68 valence electrons. The molecule has 0 atom stereocenters. The summed E-state index contributed by atoms with van der Waals surface area (Å²) >= 11 is 1.60. The molecule has 1 aromatic heterocycles. The molecule has 0 aliphatic rings. The van der Waals surface area contributed by atoms with Gasteiger partial charge in [-0.2, -0.15) is 0 Å². The molecule has 1 aromatic rings. The Labute approximate surface area is 82.0 Å². The van der Waals surface area contributed by atoms with Crippen molar-refractivity contribution < 1.29 is 0 Å². The summed E-state index contributed by atoms with van der Waals surface area (Å²) in [4.78, 5) is 13.0. The monoisotopic (exact) mass is 193 g/mol. The Morgan fingerprint density at radius 2 is 2.46 bits per heavy atom. The molecule has 0 fully saturated rings. The largest absolute Gasteiger partial charge is 0.296 e. The fourth-order valence-electron chi connectivity index (χ4n) is 0.717. The number of hydrogen-bond acceptors (Lipinski definition) is 4. The van der Waals surface area contributed by atoms with E-state index in [2.05, 4.69) is 15.0 Å². The summed E-state index contributed by atoms with van der Waals surface area (Å²) in [6, 6.07) is 1.88. The molecule has 0 aliphatic heterocycles. The normalized spacial score (nSPS) is 12.3. The van der Waals surface area contributed by atoms with Crippen LogP contribution in [0.1, 0.15) is 6.92 Å². The third-order valence-electron chi connectivity index (χ3n) is 1.28. The van der Waals surface area contributed by atoms with E-state index in [9.17, 15) is 0 Å². The summed E-state index contributed by atoms with van der Waals surface area (Å²) < 4.78 is 0. The van der Waals surface area contributed by atoms with Crippen LogP contribution in [0.3, 0.4) is 0 Å². The minimum absolute atomic E-state index is 0.952. The molecule has 0 bridgehead atoms. The summed E-state index contributed by atoms with van der Waals surface area (Å²) in [6.07, 6.45) is 7.00. The standard InChI is InChI=1S/C9H11N3S/c1-8(3-5-10-2)13-9-4-6-11-7-12-9/h3-7H,1-2H3. The topological polar surface area (TPSA) is 38.1 Å². The van der Waals surface area contributed by atoms with Gasteiger partial charge in [-0.1, -0.05) is 11.8 Å². The Morgan fingerprint density at radius 3 is 3.08 bits per heavy atom. The molecule has 0 saturated heterocycles. The second kappa shape index (κ2) is 5.48. The van der Waals surface area contributed by atoms with Crippen molar-refractivity contribution in [2.24, 2.45) is 4.99 Å². The summed E-state index contributed by atoms with van der Waals surface area (Å²) in [6.45, 7) is 2.02. The molecule has 13 heavy (non-hydrogen) atoms. The molecule has 0 unspecified atom stereocenters. The SMILES string of the molecule is CN=CC=C(C)Sc1ccncn1. The highest BCUT2D eigenvalue weighted by molar-refractivity contribution is 8.03. The molecule has 0 saturated carbocycles. The van der Waals surface area contributed by atoms with E-state index < -0.39 is 0 Å². The molecule has 0 spiro atoms. The van der Waals surface area contributed by atoms with E-state index in [0.717, 1.165) is 9.93 Å². The lowest BCUT2D eigenvalue weighted by Gasteiger charge is -1.97. The first-order valence-electron chi connectivity index (χ1n) is 3.86. The Balaban J connectivity index is 2.60. The third kappa shape index (κ3) is 3.85. The van der Waals surface area contributed by atoms with E-state index in [0.29, 0.717) is 0 Å². The summed E-state index contributed by atoms with van der Waals surface area (Å²) in [5.41, 5.74) is 0. The van der Waals surface area contributed by atoms with Gasteiger partial charge >= 0.3 is 0 Å². The number of hydrogen-bond donors (Lipinski definition) is 0. The van der Waals surface area contributed by atoms with Crippen molar-refractivity contribution in [3.05, 3.63) is 29.6 Å². The van der Waals surface area contributed by atoms with Gasteiger partial charge in [0, 0.05) is 19.5 Å². The second-order valence-corrected chi connectivity index (χ2v) is 3.60. The lowest BCUT2D eigenvalue weighted by molar-refractivity contribution is 1.05. The van der Waals surface area contributed by atoms with Crippen molar-refractivity contribution in [3.8, 4) is 0 Å². The van der Waals surface area contributed by atoms with Crippen molar-refractivity contribution in [1.29, 1.82) is 0 Å². The van der Waals surface area contributed by atoms with E-state index in [4.69, 9.17) is 0 Å². The van der Waals surface area contributed by atoms with Crippen molar-refractivity contribution in [2.45, 2.75) is 11.9 Å².